The van der Waals surface area contributed by atoms with Gasteiger partial charge in [0.15, 0.2) is 5.12 Å². The van der Waals surface area contributed by atoms with Crippen molar-refractivity contribution in [2.24, 2.45) is 5.92 Å². The lowest BCUT2D eigenvalue weighted by Gasteiger charge is -2.30. The Hall–Kier alpha value is -0.690. The van der Waals surface area contributed by atoms with Crippen LogP contribution in [0.1, 0.15) is 40.0 Å². The van der Waals surface area contributed by atoms with Gasteiger partial charge in [0.1, 0.15) is 6.04 Å². The second-order valence-electron chi connectivity index (χ2n) is 6.11. The number of carbonyl (C=O) groups excluding carboxylic acids is 2. The molecule has 1 aliphatic heterocycles. The smallest absolute Gasteiger partial charge is 0.327 e. The second kappa shape index (κ2) is 6.20. The molecular formula is C14H21NO4S2. The molecule has 1 aliphatic carbocycles. The monoisotopic (exact) mass is 331 g/mol. The predicted octanol–water partition coefficient (Wildman–Crippen LogP) is 2.20. The van der Waals surface area contributed by atoms with Gasteiger partial charge in [0.2, 0.25) is 5.91 Å². The zero-order valence-corrected chi connectivity index (χ0v) is 14.1. The molecule has 1 amide bonds. The van der Waals surface area contributed by atoms with Crippen molar-refractivity contribution in [2.75, 3.05) is 5.88 Å². The van der Waals surface area contributed by atoms with Gasteiger partial charge in [0.05, 0.1) is 11.8 Å². The maximum absolute atomic E-state index is 12.8. The first kappa shape index (κ1) is 16.7. The van der Waals surface area contributed by atoms with E-state index in [4.69, 9.17) is 0 Å². The number of carbonyl (C=O) groups is 3. The molecule has 5 nitrogen and oxygen atoms in total. The van der Waals surface area contributed by atoms with Gasteiger partial charge in [0, 0.05) is 16.9 Å². The van der Waals surface area contributed by atoms with Crippen LogP contribution in [-0.2, 0) is 14.4 Å². The van der Waals surface area contributed by atoms with Gasteiger partial charge in [-0.15, -0.1) is 11.8 Å². The zero-order valence-electron chi connectivity index (χ0n) is 12.5. The van der Waals surface area contributed by atoms with E-state index >= 15 is 0 Å². The first-order valence-corrected chi connectivity index (χ1v) is 8.95. The van der Waals surface area contributed by atoms with Crippen LogP contribution in [0.2, 0.25) is 0 Å². The first-order chi connectivity index (χ1) is 9.74. The molecule has 0 radical (unpaired) electrons. The summed E-state index contributed by atoms with van der Waals surface area (Å²) in [5.41, 5.74) is 0. The Balaban J connectivity index is 2.15. The van der Waals surface area contributed by atoms with Crippen LogP contribution in [0.25, 0.3) is 0 Å². The number of thioether (sulfide) groups is 2. The van der Waals surface area contributed by atoms with E-state index in [1.165, 1.54) is 35.3 Å². The van der Waals surface area contributed by atoms with Crippen LogP contribution in [0.4, 0.5) is 0 Å². The Labute approximate surface area is 133 Å². The van der Waals surface area contributed by atoms with Crippen LogP contribution in [0, 0.1) is 5.92 Å². The Morgan fingerprint density at radius 1 is 1.29 bits per heavy atom. The van der Waals surface area contributed by atoms with E-state index in [1.807, 2.05) is 13.8 Å². The fourth-order valence-electron chi connectivity index (χ4n) is 3.16. The molecule has 2 rings (SSSR count). The standard InChI is InChI=1S/C14H21NO4S2/c1-8(16)21-10-6-4-5-9(10)12(17)15-7-20-14(2,3)11(15)13(18)19/h9-11H,4-7H2,1-3H3,(H,18,19)/t9?,10?,11-/m0/s1. The molecule has 2 fully saturated rings. The summed E-state index contributed by atoms with van der Waals surface area (Å²) in [6, 6.07) is -0.793. The molecule has 3 atom stereocenters. The number of carboxylic acid groups (broad SMARTS) is 1. The molecule has 7 heteroatoms. The van der Waals surface area contributed by atoms with Crippen LogP contribution in [0.5, 0.6) is 0 Å². The Morgan fingerprint density at radius 3 is 2.52 bits per heavy atom. The summed E-state index contributed by atoms with van der Waals surface area (Å²) < 4.78 is -0.483. The highest BCUT2D eigenvalue weighted by Crippen LogP contribution is 2.43. The van der Waals surface area contributed by atoms with Crippen molar-refractivity contribution < 1.29 is 19.5 Å². The largest absolute Gasteiger partial charge is 0.480 e. The maximum Gasteiger partial charge on any atom is 0.327 e. The SMILES string of the molecule is CC(=O)SC1CCCC1C(=O)N1CSC(C)(C)[C@@H]1C(=O)O. The van der Waals surface area contributed by atoms with Crippen molar-refractivity contribution in [3.05, 3.63) is 0 Å². The van der Waals surface area contributed by atoms with Crippen molar-refractivity contribution in [3.8, 4) is 0 Å². The average Bonchev–Trinajstić information content (AvgIpc) is 2.91. The van der Waals surface area contributed by atoms with Gasteiger partial charge in [-0.1, -0.05) is 18.2 Å². The van der Waals surface area contributed by atoms with E-state index in [2.05, 4.69) is 0 Å². The number of hydrogen-bond donors (Lipinski definition) is 1. The number of rotatable bonds is 3. The van der Waals surface area contributed by atoms with E-state index in [-0.39, 0.29) is 22.2 Å². The molecule has 2 unspecified atom stereocenters. The number of hydrogen-bond acceptors (Lipinski definition) is 5. The summed E-state index contributed by atoms with van der Waals surface area (Å²) in [5, 5.41) is 9.47. The molecule has 0 aromatic carbocycles. The highest BCUT2D eigenvalue weighted by Gasteiger charge is 2.50. The molecule has 1 N–H and O–H groups in total. The highest BCUT2D eigenvalue weighted by atomic mass is 32.2. The Morgan fingerprint density at radius 2 is 1.95 bits per heavy atom. The van der Waals surface area contributed by atoms with Gasteiger partial charge in [-0.3, -0.25) is 9.59 Å². The summed E-state index contributed by atoms with van der Waals surface area (Å²) >= 11 is 2.72. The summed E-state index contributed by atoms with van der Waals surface area (Å²) in [4.78, 5) is 37.1. The highest BCUT2D eigenvalue weighted by molar-refractivity contribution is 8.14. The molecule has 1 saturated carbocycles. The third-order valence-corrected chi connectivity index (χ3v) is 6.72. The third kappa shape index (κ3) is 3.39. The van der Waals surface area contributed by atoms with E-state index in [0.29, 0.717) is 5.88 Å². The minimum Gasteiger partial charge on any atom is -0.480 e. The predicted molar refractivity (Wildman–Crippen MR) is 84.2 cm³/mol. The summed E-state index contributed by atoms with van der Waals surface area (Å²) in [6.07, 6.45) is 2.52. The van der Waals surface area contributed by atoms with Crippen LogP contribution in [0.3, 0.4) is 0 Å². The molecule has 21 heavy (non-hydrogen) atoms. The van der Waals surface area contributed by atoms with E-state index in [9.17, 15) is 19.5 Å². The van der Waals surface area contributed by atoms with Gasteiger partial charge in [-0.25, -0.2) is 4.79 Å². The van der Waals surface area contributed by atoms with Crippen LogP contribution in [-0.4, -0.2) is 48.9 Å². The van der Waals surface area contributed by atoms with Crippen molar-refractivity contribution in [3.63, 3.8) is 0 Å². The average molecular weight is 331 g/mol. The van der Waals surface area contributed by atoms with Crippen molar-refractivity contribution in [1.82, 2.24) is 4.90 Å². The molecule has 1 saturated heterocycles. The minimum absolute atomic E-state index is 0.00171. The number of nitrogens with zero attached hydrogens (tertiary/aromatic N) is 1. The number of carboxylic acids is 1. The van der Waals surface area contributed by atoms with Crippen molar-refractivity contribution >= 4 is 40.5 Å². The van der Waals surface area contributed by atoms with Crippen LogP contribution < -0.4 is 0 Å². The molecule has 0 aromatic rings. The quantitative estimate of drug-likeness (QED) is 0.854. The van der Waals surface area contributed by atoms with Gasteiger partial charge in [0.25, 0.3) is 0 Å². The van der Waals surface area contributed by atoms with Gasteiger partial charge >= 0.3 is 5.97 Å². The van der Waals surface area contributed by atoms with E-state index in [1.54, 1.807) is 0 Å². The third-order valence-electron chi connectivity index (χ3n) is 4.15. The molecule has 1 heterocycles. The van der Waals surface area contributed by atoms with Crippen LogP contribution in [0.15, 0.2) is 0 Å². The Kier molecular flexibility index (Phi) is 4.92. The lowest BCUT2D eigenvalue weighted by molar-refractivity contribution is -0.151. The Bertz CT molecular complexity index is 466. The maximum atomic E-state index is 12.8. The van der Waals surface area contributed by atoms with Crippen molar-refractivity contribution in [2.45, 2.75) is 56.1 Å². The normalized spacial score (nSPS) is 31.4. The molecule has 0 bridgehead atoms. The molecule has 2 aliphatic rings. The van der Waals surface area contributed by atoms with Crippen molar-refractivity contribution in [1.29, 1.82) is 0 Å². The molecule has 118 valence electrons. The number of amides is 1. The van der Waals surface area contributed by atoms with Crippen LogP contribution >= 0.6 is 23.5 Å². The molecular weight excluding hydrogens is 310 g/mol. The van der Waals surface area contributed by atoms with Gasteiger partial charge < -0.3 is 10.0 Å². The zero-order chi connectivity index (χ0) is 15.8. The summed E-state index contributed by atoms with van der Waals surface area (Å²) in [5.74, 6) is -0.865. The number of aliphatic carboxylic acids is 1. The van der Waals surface area contributed by atoms with Gasteiger partial charge in [-0.2, -0.15) is 0 Å². The van der Waals surface area contributed by atoms with Gasteiger partial charge in [-0.05, 0) is 26.7 Å². The van der Waals surface area contributed by atoms with E-state index < -0.39 is 16.8 Å². The lowest BCUT2D eigenvalue weighted by Crippen LogP contribution is -2.51. The fraction of sp³-hybridized carbons (Fsp3) is 0.786. The summed E-state index contributed by atoms with van der Waals surface area (Å²) in [7, 11) is 0. The molecule has 0 aromatic heterocycles. The minimum atomic E-state index is -0.952. The lowest BCUT2D eigenvalue weighted by atomic mass is 9.99. The van der Waals surface area contributed by atoms with E-state index in [0.717, 1.165) is 19.3 Å². The summed E-state index contributed by atoms with van der Waals surface area (Å²) in [6.45, 7) is 5.24. The fourth-order valence-corrected chi connectivity index (χ4v) is 5.42. The first-order valence-electron chi connectivity index (χ1n) is 7.08. The second-order valence-corrected chi connectivity index (χ2v) is 9.13. The molecule has 0 spiro atoms. The topological polar surface area (TPSA) is 74.7 Å².